The quantitative estimate of drug-likeness (QED) is 0.821. The Morgan fingerprint density at radius 1 is 1.19 bits per heavy atom. The molecule has 0 spiro atoms. The predicted molar refractivity (Wildman–Crippen MR) is 80.3 cm³/mol. The van der Waals surface area contributed by atoms with E-state index in [-0.39, 0.29) is 38.6 Å². The van der Waals surface area contributed by atoms with Crippen molar-refractivity contribution in [3.05, 3.63) is 41.8 Å². The summed E-state index contributed by atoms with van der Waals surface area (Å²) in [6.07, 6.45) is 2.14. The third kappa shape index (κ3) is 3.94. The van der Waals surface area contributed by atoms with Gasteiger partial charge in [0.05, 0.1) is 5.92 Å². The molecule has 2 atom stereocenters. The van der Waals surface area contributed by atoms with Crippen molar-refractivity contribution in [2.24, 2.45) is 5.92 Å². The normalized spacial score (nSPS) is 26.4. The number of benzene rings is 1. The van der Waals surface area contributed by atoms with Gasteiger partial charge in [0.2, 0.25) is 5.91 Å². The summed E-state index contributed by atoms with van der Waals surface area (Å²) in [5.74, 6) is 2.31. The van der Waals surface area contributed by atoms with E-state index in [0.717, 1.165) is 39.0 Å². The topological polar surface area (TPSA) is 32.3 Å². The molecule has 21 heavy (non-hydrogen) atoms. The van der Waals surface area contributed by atoms with Crippen LogP contribution in [0.5, 0.6) is 0 Å². The summed E-state index contributed by atoms with van der Waals surface area (Å²) in [4.78, 5) is 14.8. The Bertz CT molecular complexity index is 457. The van der Waals surface area contributed by atoms with Gasteiger partial charge in [-0.3, -0.25) is 4.79 Å². The molecule has 3 rings (SSSR count). The first-order chi connectivity index (χ1) is 9.75. The maximum absolute atomic E-state index is 12.8. The van der Waals surface area contributed by atoms with E-state index in [1.807, 2.05) is 6.07 Å². The van der Waals surface area contributed by atoms with Crippen LogP contribution < -0.4 is 5.32 Å². The first-order valence-electron chi connectivity index (χ1n) is 7.61. The van der Waals surface area contributed by atoms with E-state index in [9.17, 15) is 4.79 Å². The van der Waals surface area contributed by atoms with Crippen LogP contribution in [0.3, 0.4) is 0 Å². The van der Waals surface area contributed by atoms with E-state index in [1.54, 1.807) is 0 Å². The Morgan fingerprint density at radius 2 is 1.86 bits per heavy atom. The van der Waals surface area contributed by atoms with Crippen LogP contribution in [-0.2, 0) is 37.5 Å². The molecule has 0 aromatic heterocycles. The van der Waals surface area contributed by atoms with Gasteiger partial charge in [-0.2, -0.15) is 19.8 Å². The van der Waals surface area contributed by atoms with Gasteiger partial charge in [-0.05, 0) is 18.7 Å². The second-order valence-electron chi connectivity index (χ2n) is 6.06. The van der Waals surface area contributed by atoms with Crippen molar-refractivity contribution in [3.63, 3.8) is 0 Å². The molecule has 1 aromatic rings. The number of likely N-dealkylation sites (tertiary alicyclic amines) is 1. The van der Waals surface area contributed by atoms with Gasteiger partial charge in [-0.15, -0.1) is 0 Å². The Balaban J connectivity index is 0.00000161. The van der Waals surface area contributed by atoms with Crippen molar-refractivity contribution in [2.45, 2.75) is 25.7 Å². The Kier molecular flexibility index (Phi) is 6.40. The molecule has 1 aromatic carbocycles. The van der Waals surface area contributed by atoms with Gasteiger partial charge >= 0.3 is 32.7 Å². The summed E-state index contributed by atoms with van der Waals surface area (Å²) in [6, 6.07) is 10.5. The fourth-order valence-electron chi connectivity index (χ4n) is 3.33. The molecule has 0 bridgehead atoms. The molecule has 1 N–H and O–H groups in total. The van der Waals surface area contributed by atoms with Gasteiger partial charge in [-0.1, -0.05) is 30.3 Å². The van der Waals surface area contributed by atoms with E-state index >= 15 is 0 Å². The molecule has 0 aliphatic carbocycles. The van der Waals surface area contributed by atoms with Gasteiger partial charge in [-0.25, -0.2) is 0 Å². The third-order valence-electron chi connectivity index (χ3n) is 4.69. The maximum atomic E-state index is 12.8. The summed E-state index contributed by atoms with van der Waals surface area (Å²) in [5, 5.41) is 3.40. The largest absolute Gasteiger partial charge is 3.00 e. The molecule has 2 aliphatic heterocycles. The van der Waals surface area contributed by atoms with Crippen LogP contribution in [0.1, 0.15) is 31.2 Å². The van der Waals surface area contributed by atoms with E-state index in [1.165, 1.54) is 11.5 Å². The van der Waals surface area contributed by atoms with E-state index < -0.39 is 0 Å². The average molecular weight is 360 g/mol. The van der Waals surface area contributed by atoms with Crippen molar-refractivity contribution >= 4 is 5.91 Å². The first kappa shape index (κ1) is 17.1. The maximum Gasteiger partial charge on any atom is 3.00 e. The van der Waals surface area contributed by atoms with Crippen molar-refractivity contribution in [1.82, 2.24) is 10.2 Å². The van der Waals surface area contributed by atoms with Crippen LogP contribution in [0, 0.1) is 11.8 Å². The molecule has 0 saturated carbocycles. The second kappa shape index (κ2) is 7.85. The molecule has 2 saturated heterocycles. The zero-order valence-corrected chi connectivity index (χ0v) is 15.6. The SMILES string of the molecule is C[C-]1CCN(C(=O)C2CNCC2c2ccccc2)CC1.[Y+3]. The van der Waals surface area contributed by atoms with Gasteiger partial charge < -0.3 is 16.1 Å². The van der Waals surface area contributed by atoms with Gasteiger partial charge in [0.1, 0.15) is 0 Å². The van der Waals surface area contributed by atoms with Gasteiger partial charge in [0, 0.05) is 19.0 Å². The Labute approximate surface area is 152 Å². The molecule has 1 amide bonds. The number of amides is 1. The number of piperidine rings is 1. The molecule has 2 fully saturated rings. The number of carbonyl (C=O) groups excluding carboxylic acids is 1. The number of nitrogens with zero attached hydrogens (tertiary/aromatic N) is 1. The van der Waals surface area contributed by atoms with Crippen molar-refractivity contribution < 1.29 is 37.5 Å². The molecule has 0 radical (unpaired) electrons. The van der Waals surface area contributed by atoms with Crippen LogP contribution in [-0.4, -0.2) is 37.0 Å². The van der Waals surface area contributed by atoms with Gasteiger partial charge in [0.25, 0.3) is 0 Å². The summed E-state index contributed by atoms with van der Waals surface area (Å²) >= 11 is 0. The molecule has 4 heteroatoms. The number of hydrogen-bond acceptors (Lipinski definition) is 2. The molecule has 3 nitrogen and oxygen atoms in total. The molecule has 2 heterocycles. The first-order valence-corrected chi connectivity index (χ1v) is 7.61. The smallest absolute Gasteiger partial charge is 0.348 e. The minimum atomic E-state index is 0. The van der Waals surface area contributed by atoms with Crippen molar-refractivity contribution in [1.29, 1.82) is 0 Å². The van der Waals surface area contributed by atoms with Crippen LogP contribution in [0.2, 0.25) is 0 Å². The van der Waals surface area contributed by atoms with Crippen molar-refractivity contribution in [3.8, 4) is 0 Å². The molecule has 2 unspecified atom stereocenters. The summed E-state index contributed by atoms with van der Waals surface area (Å²) in [6.45, 7) is 5.74. The third-order valence-corrected chi connectivity index (χ3v) is 4.69. The van der Waals surface area contributed by atoms with Crippen LogP contribution in [0.4, 0.5) is 0 Å². The predicted octanol–water partition coefficient (Wildman–Crippen LogP) is 2.20. The zero-order chi connectivity index (χ0) is 13.9. The molecule has 2 aliphatic rings. The summed E-state index contributed by atoms with van der Waals surface area (Å²) in [5.41, 5.74) is 1.29. The average Bonchev–Trinajstić information content (AvgIpc) is 2.97. The molecular weight excluding hydrogens is 337 g/mol. The number of carbonyl (C=O) groups is 1. The van der Waals surface area contributed by atoms with E-state index in [2.05, 4.69) is 41.4 Å². The summed E-state index contributed by atoms with van der Waals surface area (Å²) in [7, 11) is 0. The minimum absolute atomic E-state index is 0. The number of hydrogen-bond donors (Lipinski definition) is 1. The zero-order valence-electron chi connectivity index (χ0n) is 12.7. The standard InChI is InChI=1S/C17H23N2O.Y/c1-13-7-9-19(10-8-13)17(20)16-12-18-11-15(16)14-5-3-2-4-6-14;/h2-6,15-16,18H,7-12H2,1H3;/q-1;+3. The monoisotopic (exact) mass is 360 g/mol. The fraction of sp³-hybridized carbons (Fsp3) is 0.529. The van der Waals surface area contributed by atoms with Gasteiger partial charge in [0.15, 0.2) is 0 Å². The molecular formula is C17H23N2OY+2. The number of nitrogens with one attached hydrogen (secondary N) is 1. The second-order valence-corrected chi connectivity index (χ2v) is 6.06. The minimum Gasteiger partial charge on any atom is -0.348 e. The Morgan fingerprint density at radius 3 is 2.52 bits per heavy atom. The number of rotatable bonds is 2. The van der Waals surface area contributed by atoms with Crippen LogP contribution in [0.25, 0.3) is 0 Å². The fourth-order valence-corrected chi connectivity index (χ4v) is 3.33. The molecule has 108 valence electrons. The van der Waals surface area contributed by atoms with Crippen molar-refractivity contribution in [2.75, 3.05) is 26.2 Å². The van der Waals surface area contributed by atoms with Crippen LogP contribution in [0.15, 0.2) is 30.3 Å². The Hall–Kier alpha value is -0.246. The summed E-state index contributed by atoms with van der Waals surface area (Å²) < 4.78 is 0. The van der Waals surface area contributed by atoms with E-state index in [0.29, 0.717) is 11.8 Å². The van der Waals surface area contributed by atoms with Crippen LogP contribution >= 0.6 is 0 Å². The van der Waals surface area contributed by atoms with E-state index in [4.69, 9.17) is 0 Å².